The van der Waals surface area contributed by atoms with Crippen LogP contribution in [-0.2, 0) is 9.05 Å². The SMILES string of the molecule is COc1cc(C(=O)O)cc(S(=O)(=O)Cl)c1OC. The molecule has 0 amide bonds. The van der Waals surface area contributed by atoms with E-state index in [9.17, 15) is 13.2 Å². The smallest absolute Gasteiger partial charge is 0.335 e. The minimum absolute atomic E-state index is 0.0216. The van der Waals surface area contributed by atoms with Gasteiger partial charge >= 0.3 is 5.97 Å². The van der Waals surface area contributed by atoms with E-state index in [0.29, 0.717) is 0 Å². The maximum atomic E-state index is 11.3. The molecule has 0 aromatic heterocycles. The molecule has 0 atom stereocenters. The summed E-state index contributed by atoms with van der Waals surface area (Å²) >= 11 is 0. The molecule has 0 saturated carbocycles. The van der Waals surface area contributed by atoms with Crippen LogP contribution >= 0.6 is 10.7 Å². The number of carboxylic acid groups (broad SMARTS) is 1. The number of hydrogen-bond acceptors (Lipinski definition) is 5. The monoisotopic (exact) mass is 280 g/mol. The molecule has 94 valence electrons. The minimum Gasteiger partial charge on any atom is -0.493 e. The number of methoxy groups -OCH3 is 2. The number of hydrogen-bond donors (Lipinski definition) is 1. The van der Waals surface area contributed by atoms with Crippen molar-refractivity contribution in [2.24, 2.45) is 0 Å². The van der Waals surface area contributed by atoms with E-state index in [1.807, 2.05) is 0 Å². The molecule has 0 saturated heterocycles. The van der Waals surface area contributed by atoms with Gasteiger partial charge in [-0.15, -0.1) is 0 Å². The summed E-state index contributed by atoms with van der Waals surface area (Å²) in [4.78, 5) is 10.4. The predicted molar refractivity (Wildman–Crippen MR) is 59.5 cm³/mol. The van der Waals surface area contributed by atoms with Crippen LogP contribution in [-0.4, -0.2) is 33.7 Å². The highest BCUT2D eigenvalue weighted by atomic mass is 35.7. The van der Waals surface area contributed by atoms with Gasteiger partial charge < -0.3 is 14.6 Å². The Bertz CT molecular complexity index is 551. The quantitative estimate of drug-likeness (QED) is 0.837. The van der Waals surface area contributed by atoms with Crippen LogP contribution in [0.4, 0.5) is 0 Å². The van der Waals surface area contributed by atoms with Gasteiger partial charge in [0.1, 0.15) is 4.90 Å². The third-order valence-electron chi connectivity index (χ3n) is 1.95. The van der Waals surface area contributed by atoms with Crippen LogP contribution in [0.1, 0.15) is 10.4 Å². The molecule has 8 heteroatoms. The Labute approximate surface area is 102 Å². The van der Waals surface area contributed by atoms with Gasteiger partial charge in [0.05, 0.1) is 19.8 Å². The lowest BCUT2D eigenvalue weighted by Crippen LogP contribution is -2.04. The van der Waals surface area contributed by atoms with Crippen molar-refractivity contribution in [3.63, 3.8) is 0 Å². The van der Waals surface area contributed by atoms with E-state index in [1.54, 1.807) is 0 Å². The molecule has 17 heavy (non-hydrogen) atoms. The molecule has 1 aromatic rings. The second kappa shape index (κ2) is 4.80. The van der Waals surface area contributed by atoms with Gasteiger partial charge in [-0.05, 0) is 12.1 Å². The Morgan fingerprint density at radius 3 is 2.24 bits per heavy atom. The molecule has 0 bridgehead atoms. The normalized spacial score (nSPS) is 11.0. The Kier molecular flexibility index (Phi) is 3.84. The van der Waals surface area contributed by atoms with E-state index in [2.05, 4.69) is 0 Å². The second-order valence-corrected chi connectivity index (χ2v) is 5.49. The van der Waals surface area contributed by atoms with Crippen molar-refractivity contribution in [2.45, 2.75) is 4.90 Å². The fourth-order valence-corrected chi connectivity index (χ4v) is 2.25. The molecule has 6 nitrogen and oxygen atoms in total. The van der Waals surface area contributed by atoms with Gasteiger partial charge in [0.2, 0.25) is 0 Å². The predicted octanol–water partition coefficient (Wildman–Crippen LogP) is 1.33. The Morgan fingerprint density at radius 2 is 1.88 bits per heavy atom. The molecule has 0 unspecified atom stereocenters. The summed E-state index contributed by atoms with van der Waals surface area (Å²) < 4.78 is 32.3. The first-order chi connectivity index (χ1) is 7.81. The third kappa shape index (κ3) is 2.80. The Morgan fingerprint density at radius 1 is 1.29 bits per heavy atom. The second-order valence-electron chi connectivity index (χ2n) is 2.95. The summed E-state index contributed by atoms with van der Waals surface area (Å²) in [7, 11) is 3.55. The van der Waals surface area contributed by atoms with Crippen molar-refractivity contribution >= 4 is 25.7 Å². The number of carbonyl (C=O) groups is 1. The standard InChI is InChI=1S/C9H9ClO6S/c1-15-6-3-5(9(11)12)4-7(8(6)16-2)17(10,13)14/h3-4H,1-2H3,(H,11,12). The first kappa shape index (κ1) is 13.6. The lowest BCUT2D eigenvalue weighted by molar-refractivity contribution is 0.0696. The number of benzene rings is 1. The molecule has 0 aliphatic carbocycles. The van der Waals surface area contributed by atoms with E-state index < -0.39 is 19.9 Å². The van der Waals surface area contributed by atoms with Gasteiger partial charge in [0, 0.05) is 10.7 Å². The highest BCUT2D eigenvalue weighted by Gasteiger charge is 2.23. The van der Waals surface area contributed by atoms with Gasteiger partial charge in [-0.3, -0.25) is 0 Å². The number of halogens is 1. The van der Waals surface area contributed by atoms with E-state index >= 15 is 0 Å². The highest BCUT2D eigenvalue weighted by Crippen LogP contribution is 2.37. The van der Waals surface area contributed by atoms with Gasteiger partial charge in [-0.2, -0.15) is 0 Å². The van der Waals surface area contributed by atoms with E-state index in [0.717, 1.165) is 12.1 Å². The first-order valence-electron chi connectivity index (χ1n) is 4.25. The Balaban J connectivity index is 3.66. The molecule has 0 aliphatic heterocycles. The molecule has 0 aliphatic rings. The van der Waals surface area contributed by atoms with E-state index in [-0.39, 0.29) is 17.1 Å². The molecular weight excluding hydrogens is 272 g/mol. The third-order valence-corrected chi connectivity index (χ3v) is 3.28. The zero-order valence-corrected chi connectivity index (χ0v) is 10.5. The number of rotatable bonds is 4. The van der Waals surface area contributed by atoms with Gasteiger partial charge in [0.15, 0.2) is 11.5 Å². The molecule has 1 N–H and O–H groups in total. The summed E-state index contributed by atoms with van der Waals surface area (Å²) in [6, 6.07) is 2.05. The van der Waals surface area contributed by atoms with Gasteiger partial charge in [-0.1, -0.05) is 0 Å². The summed E-state index contributed by atoms with van der Waals surface area (Å²) in [5, 5.41) is 8.82. The molecule has 0 fully saturated rings. The maximum Gasteiger partial charge on any atom is 0.335 e. The summed E-state index contributed by atoms with van der Waals surface area (Å²) in [5.74, 6) is -1.45. The van der Waals surface area contributed by atoms with Crippen LogP contribution in [0, 0.1) is 0 Å². The summed E-state index contributed by atoms with van der Waals surface area (Å²) in [6.07, 6.45) is 0. The lowest BCUT2D eigenvalue weighted by atomic mass is 10.2. The lowest BCUT2D eigenvalue weighted by Gasteiger charge is -2.11. The van der Waals surface area contributed by atoms with Crippen molar-refractivity contribution < 1.29 is 27.8 Å². The Hall–Kier alpha value is -1.47. The maximum absolute atomic E-state index is 11.3. The number of ether oxygens (including phenoxy) is 2. The molecular formula is C9H9ClO6S. The number of carboxylic acids is 1. The van der Waals surface area contributed by atoms with Crippen LogP contribution < -0.4 is 9.47 Å². The van der Waals surface area contributed by atoms with Crippen LogP contribution in [0.3, 0.4) is 0 Å². The molecule has 0 radical (unpaired) electrons. The van der Waals surface area contributed by atoms with Crippen molar-refractivity contribution in [2.75, 3.05) is 14.2 Å². The van der Waals surface area contributed by atoms with Crippen molar-refractivity contribution in [3.05, 3.63) is 17.7 Å². The topological polar surface area (TPSA) is 89.9 Å². The van der Waals surface area contributed by atoms with Gasteiger partial charge in [0.25, 0.3) is 9.05 Å². The largest absolute Gasteiger partial charge is 0.493 e. The zero-order chi connectivity index (χ0) is 13.2. The zero-order valence-electron chi connectivity index (χ0n) is 8.93. The summed E-state index contributed by atoms with van der Waals surface area (Å²) in [5.41, 5.74) is -0.262. The van der Waals surface area contributed by atoms with Crippen molar-refractivity contribution in [1.29, 1.82) is 0 Å². The first-order valence-corrected chi connectivity index (χ1v) is 6.56. The molecule has 1 rings (SSSR count). The van der Waals surface area contributed by atoms with Crippen molar-refractivity contribution in [1.82, 2.24) is 0 Å². The van der Waals surface area contributed by atoms with E-state index in [4.69, 9.17) is 25.3 Å². The van der Waals surface area contributed by atoms with Crippen LogP contribution in [0.2, 0.25) is 0 Å². The van der Waals surface area contributed by atoms with Gasteiger partial charge in [-0.25, -0.2) is 13.2 Å². The van der Waals surface area contributed by atoms with E-state index in [1.165, 1.54) is 14.2 Å². The number of aromatic carboxylic acids is 1. The fraction of sp³-hybridized carbons (Fsp3) is 0.222. The highest BCUT2D eigenvalue weighted by molar-refractivity contribution is 8.13. The fourth-order valence-electron chi connectivity index (χ4n) is 1.23. The minimum atomic E-state index is -4.13. The van der Waals surface area contributed by atoms with Crippen LogP contribution in [0.5, 0.6) is 11.5 Å². The molecule has 0 spiro atoms. The average Bonchev–Trinajstić information content (AvgIpc) is 2.25. The van der Waals surface area contributed by atoms with Crippen molar-refractivity contribution in [3.8, 4) is 11.5 Å². The molecule has 0 heterocycles. The average molecular weight is 281 g/mol. The summed E-state index contributed by atoms with van der Waals surface area (Å²) in [6.45, 7) is 0. The molecule has 1 aromatic carbocycles. The van der Waals surface area contributed by atoms with Crippen LogP contribution in [0.15, 0.2) is 17.0 Å². The van der Waals surface area contributed by atoms with Crippen LogP contribution in [0.25, 0.3) is 0 Å².